The Labute approximate surface area is 183 Å². The van der Waals surface area contributed by atoms with Crippen LogP contribution in [-0.4, -0.2) is 25.4 Å². The number of pyridine rings is 1. The lowest BCUT2D eigenvalue weighted by Crippen LogP contribution is -2.29. The molecule has 9 heteroatoms. The van der Waals surface area contributed by atoms with E-state index >= 15 is 0 Å². The van der Waals surface area contributed by atoms with Crippen molar-refractivity contribution in [2.75, 3.05) is 4.72 Å². The molecule has 30 heavy (non-hydrogen) atoms. The summed E-state index contributed by atoms with van der Waals surface area (Å²) in [6, 6.07) is 16.1. The van der Waals surface area contributed by atoms with Crippen LogP contribution in [0, 0.1) is 0 Å². The molecule has 156 valence electrons. The zero-order valence-electron chi connectivity index (χ0n) is 16.3. The van der Waals surface area contributed by atoms with Crippen LogP contribution in [0.1, 0.15) is 24.2 Å². The number of nitrogens with zero attached hydrogens (tertiary/aromatic N) is 1. The first-order valence-electron chi connectivity index (χ1n) is 9.06. The number of rotatable bonds is 7. The number of ether oxygens (including phenoxy) is 1. The Morgan fingerprint density at radius 2 is 1.67 bits per heavy atom. The molecule has 0 atom stereocenters. The lowest BCUT2D eigenvalue weighted by Gasteiger charge is -2.10. The van der Waals surface area contributed by atoms with E-state index in [1.165, 1.54) is 18.3 Å². The zero-order chi connectivity index (χ0) is 21.7. The van der Waals surface area contributed by atoms with Gasteiger partial charge in [-0.1, -0.05) is 15.9 Å². The molecular formula is C21H20BrN3O4S. The van der Waals surface area contributed by atoms with Crippen molar-refractivity contribution in [3.05, 3.63) is 76.9 Å². The van der Waals surface area contributed by atoms with Crippen LogP contribution in [0.15, 0.2) is 76.2 Å². The van der Waals surface area contributed by atoms with Gasteiger partial charge in [0.15, 0.2) is 0 Å². The van der Waals surface area contributed by atoms with E-state index < -0.39 is 10.0 Å². The largest absolute Gasteiger partial charge is 0.439 e. The Bertz CT molecular complexity index is 1110. The fraction of sp³-hybridized carbons (Fsp3) is 0.143. The number of sulfonamides is 1. The number of aromatic nitrogens is 1. The van der Waals surface area contributed by atoms with Gasteiger partial charge in [0.05, 0.1) is 16.8 Å². The average Bonchev–Trinajstić information content (AvgIpc) is 2.69. The van der Waals surface area contributed by atoms with Gasteiger partial charge in [0.25, 0.3) is 15.9 Å². The molecule has 0 spiro atoms. The van der Waals surface area contributed by atoms with Crippen LogP contribution in [0.2, 0.25) is 0 Å². The molecule has 7 nitrogen and oxygen atoms in total. The smallest absolute Gasteiger partial charge is 0.261 e. The van der Waals surface area contributed by atoms with Crippen molar-refractivity contribution in [2.45, 2.75) is 24.8 Å². The van der Waals surface area contributed by atoms with Gasteiger partial charge in [-0.05, 0) is 68.4 Å². The van der Waals surface area contributed by atoms with Gasteiger partial charge in [-0.25, -0.2) is 13.4 Å². The SMILES string of the molecule is CC(C)NC(=O)c1ccc(Oc2ccc(NS(=O)(=O)c3ccc(Br)cc3)cn2)cc1. The summed E-state index contributed by atoms with van der Waals surface area (Å²) in [6.45, 7) is 3.79. The normalized spacial score (nSPS) is 11.2. The number of nitrogens with one attached hydrogen (secondary N) is 2. The lowest BCUT2D eigenvalue weighted by molar-refractivity contribution is 0.0943. The zero-order valence-corrected chi connectivity index (χ0v) is 18.7. The van der Waals surface area contributed by atoms with Crippen molar-refractivity contribution >= 4 is 37.5 Å². The van der Waals surface area contributed by atoms with Crippen LogP contribution >= 0.6 is 15.9 Å². The Balaban J connectivity index is 1.64. The second-order valence-corrected chi connectivity index (χ2v) is 9.30. The van der Waals surface area contributed by atoms with E-state index in [2.05, 4.69) is 31.0 Å². The molecule has 1 amide bonds. The van der Waals surface area contributed by atoms with Gasteiger partial charge in [-0.15, -0.1) is 0 Å². The molecule has 1 heterocycles. The third-order valence-electron chi connectivity index (χ3n) is 3.87. The standard InChI is InChI=1S/C21H20BrN3O4S/c1-14(2)24-21(26)15-3-8-18(9-4-15)29-20-12-7-17(13-23-20)25-30(27,28)19-10-5-16(22)6-11-19/h3-14,25H,1-2H3,(H,24,26). The highest BCUT2D eigenvalue weighted by atomic mass is 79.9. The van der Waals surface area contributed by atoms with Crippen molar-refractivity contribution in [2.24, 2.45) is 0 Å². The van der Waals surface area contributed by atoms with Crippen LogP contribution in [0.25, 0.3) is 0 Å². The monoisotopic (exact) mass is 489 g/mol. The number of halogens is 1. The number of anilines is 1. The van der Waals surface area contributed by atoms with Gasteiger partial charge in [0.1, 0.15) is 5.75 Å². The topological polar surface area (TPSA) is 97.4 Å². The summed E-state index contributed by atoms with van der Waals surface area (Å²) >= 11 is 3.28. The van der Waals surface area contributed by atoms with Gasteiger partial charge in [-0.2, -0.15) is 0 Å². The van der Waals surface area contributed by atoms with E-state index in [0.717, 1.165) is 4.47 Å². The molecule has 3 aromatic rings. The van der Waals surface area contributed by atoms with Crippen molar-refractivity contribution < 1.29 is 17.9 Å². The number of amides is 1. The van der Waals surface area contributed by atoms with Gasteiger partial charge in [0.2, 0.25) is 5.88 Å². The molecule has 0 saturated carbocycles. The first kappa shape index (κ1) is 21.8. The van der Waals surface area contributed by atoms with Crippen LogP contribution in [0.5, 0.6) is 11.6 Å². The third-order valence-corrected chi connectivity index (χ3v) is 5.80. The summed E-state index contributed by atoms with van der Waals surface area (Å²) in [6.07, 6.45) is 1.37. The van der Waals surface area contributed by atoms with Crippen molar-refractivity contribution in [1.82, 2.24) is 10.3 Å². The minimum absolute atomic E-state index is 0.0531. The second kappa shape index (κ2) is 9.27. The van der Waals surface area contributed by atoms with Crippen molar-refractivity contribution in [3.8, 4) is 11.6 Å². The molecule has 0 saturated heterocycles. The molecule has 0 bridgehead atoms. The van der Waals surface area contributed by atoms with Crippen molar-refractivity contribution in [3.63, 3.8) is 0 Å². The summed E-state index contributed by atoms with van der Waals surface area (Å²) < 4.78 is 33.8. The molecule has 3 rings (SSSR count). The maximum Gasteiger partial charge on any atom is 0.261 e. The molecule has 0 aliphatic heterocycles. The lowest BCUT2D eigenvalue weighted by atomic mass is 10.2. The van der Waals surface area contributed by atoms with Gasteiger partial charge in [-0.3, -0.25) is 9.52 Å². The van der Waals surface area contributed by atoms with Gasteiger partial charge < -0.3 is 10.1 Å². The van der Waals surface area contributed by atoms with E-state index in [-0.39, 0.29) is 16.8 Å². The van der Waals surface area contributed by atoms with Crippen molar-refractivity contribution in [1.29, 1.82) is 0 Å². The highest BCUT2D eigenvalue weighted by molar-refractivity contribution is 9.10. The van der Waals surface area contributed by atoms with Crippen LogP contribution in [0.4, 0.5) is 5.69 Å². The summed E-state index contributed by atoms with van der Waals surface area (Å²) in [7, 11) is -3.71. The van der Waals surface area contributed by atoms with Gasteiger partial charge >= 0.3 is 0 Å². The average molecular weight is 490 g/mol. The second-order valence-electron chi connectivity index (χ2n) is 6.70. The highest BCUT2D eigenvalue weighted by Gasteiger charge is 2.14. The molecule has 0 radical (unpaired) electrons. The highest BCUT2D eigenvalue weighted by Crippen LogP contribution is 2.23. The van der Waals surface area contributed by atoms with Crippen LogP contribution in [0.3, 0.4) is 0 Å². The first-order valence-corrected chi connectivity index (χ1v) is 11.3. The number of carbonyl (C=O) groups excluding carboxylic acids is 1. The number of benzene rings is 2. The van der Waals surface area contributed by atoms with E-state index in [1.54, 1.807) is 48.5 Å². The molecule has 0 aliphatic rings. The maximum absolute atomic E-state index is 12.4. The van der Waals surface area contributed by atoms with E-state index in [9.17, 15) is 13.2 Å². The Morgan fingerprint density at radius 3 is 2.23 bits per heavy atom. The molecule has 2 aromatic carbocycles. The Morgan fingerprint density at radius 1 is 1.00 bits per heavy atom. The summed E-state index contributed by atoms with van der Waals surface area (Å²) in [5.74, 6) is 0.643. The summed E-state index contributed by atoms with van der Waals surface area (Å²) in [5, 5.41) is 2.82. The maximum atomic E-state index is 12.4. The minimum atomic E-state index is -3.71. The fourth-order valence-electron chi connectivity index (χ4n) is 2.47. The first-order chi connectivity index (χ1) is 14.2. The predicted octanol–water partition coefficient (Wildman–Crippen LogP) is 4.58. The Hall–Kier alpha value is -2.91. The fourth-order valence-corrected chi connectivity index (χ4v) is 3.78. The number of hydrogen-bond acceptors (Lipinski definition) is 5. The molecule has 0 unspecified atom stereocenters. The van der Waals surface area contributed by atoms with E-state index in [0.29, 0.717) is 22.9 Å². The molecular weight excluding hydrogens is 470 g/mol. The van der Waals surface area contributed by atoms with E-state index in [4.69, 9.17) is 4.74 Å². The molecule has 0 aliphatic carbocycles. The minimum Gasteiger partial charge on any atom is -0.439 e. The Kier molecular flexibility index (Phi) is 6.73. The summed E-state index contributed by atoms with van der Waals surface area (Å²) in [4.78, 5) is 16.2. The summed E-state index contributed by atoms with van der Waals surface area (Å²) in [5.41, 5.74) is 0.840. The molecule has 0 fully saturated rings. The van der Waals surface area contributed by atoms with Crippen LogP contribution < -0.4 is 14.8 Å². The predicted molar refractivity (Wildman–Crippen MR) is 118 cm³/mol. The van der Waals surface area contributed by atoms with Crippen LogP contribution in [-0.2, 0) is 10.0 Å². The number of carbonyl (C=O) groups is 1. The van der Waals surface area contributed by atoms with Gasteiger partial charge in [0, 0.05) is 22.1 Å². The molecule has 1 aromatic heterocycles. The quantitative estimate of drug-likeness (QED) is 0.506. The van der Waals surface area contributed by atoms with E-state index in [1.807, 2.05) is 13.8 Å². The number of hydrogen-bond donors (Lipinski definition) is 2. The molecule has 2 N–H and O–H groups in total. The third kappa shape index (κ3) is 5.80.